The van der Waals surface area contributed by atoms with Gasteiger partial charge in [-0.2, -0.15) is 0 Å². The summed E-state index contributed by atoms with van der Waals surface area (Å²) in [6.45, 7) is 2.29. The second-order valence-corrected chi connectivity index (χ2v) is 10.8. The molecule has 0 unspecified atom stereocenters. The zero-order valence-electron chi connectivity index (χ0n) is 13.6. The maximum absolute atomic E-state index is 13.3. The Kier molecular flexibility index (Phi) is 7.42. The molecule has 0 spiro atoms. The fourth-order valence-corrected chi connectivity index (χ4v) is 8.12. The van der Waals surface area contributed by atoms with E-state index < -0.39 is 14.6 Å². The van der Waals surface area contributed by atoms with Crippen LogP contribution in [0.5, 0.6) is 0 Å². The summed E-state index contributed by atoms with van der Waals surface area (Å²) < 4.78 is 25.5. The molecule has 0 aromatic carbocycles. The molecule has 0 aromatic heterocycles. The molecule has 0 radical (unpaired) electrons. The Bertz CT molecular complexity index is 313. The van der Waals surface area contributed by atoms with Crippen LogP contribution < -0.4 is 0 Å². The summed E-state index contributed by atoms with van der Waals surface area (Å²) in [4.78, 5) is 0. The lowest BCUT2D eigenvalue weighted by atomic mass is 9.73. The molecular formula is C18H32F2Si. The van der Waals surface area contributed by atoms with Gasteiger partial charge in [-0.1, -0.05) is 57.2 Å². The largest absolute Gasteiger partial charge is 0.213 e. The van der Waals surface area contributed by atoms with E-state index in [0.717, 1.165) is 37.5 Å². The van der Waals surface area contributed by atoms with E-state index in [4.69, 9.17) is 0 Å². The van der Waals surface area contributed by atoms with E-state index in [1.165, 1.54) is 32.1 Å². The molecule has 0 aromatic rings. The minimum absolute atomic E-state index is 0.119. The summed E-state index contributed by atoms with van der Waals surface area (Å²) in [5.41, 5.74) is 0. The summed E-state index contributed by atoms with van der Waals surface area (Å²) in [6.07, 6.45) is 11.3. The Morgan fingerprint density at radius 2 is 1.62 bits per heavy atom. The standard InChI is InChI=1S/C18H32F2Si/c1-2-3-4-11-21-12-9-16(10-13-21)15-5-7-17(8-6-15)18(20)14-19/h14-17,21H,2-13H2,1H3. The number of allylic oxidation sites excluding steroid dienone is 1. The first-order valence-electron chi connectivity index (χ1n) is 9.20. The van der Waals surface area contributed by atoms with Crippen LogP contribution in [0.25, 0.3) is 0 Å². The van der Waals surface area contributed by atoms with E-state index in [0.29, 0.717) is 0 Å². The molecule has 1 saturated carbocycles. The van der Waals surface area contributed by atoms with E-state index in [2.05, 4.69) is 6.92 Å². The van der Waals surface area contributed by atoms with Crippen LogP contribution in [0.2, 0.25) is 18.1 Å². The zero-order chi connectivity index (χ0) is 15.1. The molecule has 0 N–H and O–H groups in total. The van der Waals surface area contributed by atoms with Crippen LogP contribution in [-0.2, 0) is 0 Å². The Labute approximate surface area is 131 Å². The van der Waals surface area contributed by atoms with Crippen molar-refractivity contribution in [3.63, 3.8) is 0 Å². The zero-order valence-corrected chi connectivity index (χ0v) is 14.8. The number of unbranched alkanes of at least 4 members (excludes halogenated alkanes) is 2. The maximum atomic E-state index is 13.3. The van der Waals surface area contributed by atoms with Gasteiger partial charge in [-0.3, -0.25) is 0 Å². The van der Waals surface area contributed by atoms with Crippen molar-refractivity contribution in [2.75, 3.05) is 0 Å². The van der Waals surface area contributed by atoms with Gasteiger partial charge in [-0.25, -0.2) is 8.78 Å². The normalized spacial score (nSPS) is 34.9. The lowest BCUT2D eigenvalue weighted by Crippen LogP contribution is -2.28. The summed E-state index contributed by atoms with van der Waals surface area (Å²) in [5, 5.41) is 0. The van der Waals surface area contributed by atoms with Gasteiger partial charge in [0.1, 0.15) is 12.2 Å². The van der Waals surface area contributed by atoms with Crippen LogP contribution in [0.4, 0.5) is 8.78 Å². The molecule has 1 aliphatic carbocycles. The van der Waals surface area contributed by atoms with Crippen molar-refractivity contribution in [1.82, 2.24) is 0 Å². The lowest BCUT2D eigenvalue weighted by Gasteiger charge is -2.37. The first-order chi connectivity index (χ1) is 10.2. The summed E-state index contributed by atoms with van der Waals surface area (Å²) in [6, 6.07) is 4.67. The molecule has 0 bridgehead atoms. The number of halogens is 2. The van der Waals surface area contributed by atoms with Crippen LogP contribution in [0.3, 0.4) is 0 Å². The summed E-state index contributed by atoms with van der Waals surface area (Å²) >= 11 is 0. The number of hydrogen-bond donors (Lipinski definition) is 0. The molecular weight excluding hydrogens is 282 g/mol. The van der Waals surface area contributed by atoms with Gasteiger partial charge in [0, 0.05) is 14.7 Å². The van der Waals surface area contributed by atoms with E-state index in [1.807, 2.05) is 0 Å². The fourth-order valence-electron chi connectivity index (χ4n) is 4.59. The second-order valence-electron chi connectivity index (χ2n) is 7.38. The van der Waals surface area contributed by atoms with Gasteiger partial charge < -0.3 is 0 Å². The van der Waals surface area contributed by atoms with E-state index in [1.54, 1.807) is 18.1 Å². The average Bonchev–Trinajstić information content (AvgIpc) is 2.55. The Morgan fingerprint density at radius 1 is 1.00 bits per heavy atom. The third kappa shape index (κ3) is 5.19. The van der Waals surface area contributed by atoms with Crippen LogP contribution in [0, 0.1) is 17.8 Å². The minimum Gasteiger partial charge on any atom is -0.213 e. The third-order valence-corrected chi connectivity index (χ3v) is 9.56. The SMILES string of the molecule is CCCCC[SiH]1CCC(C2CCC(C(F)=CF)CC2)CC1. The molecule has 2 fully saturated rings. The van der Waals surface area contributed by atoms with Gasteiger partial charge in [-0.15, -0.1) is 0 Å². The van der Waals surface area contributed by atoms with Crippen molar-refractivity contribution in [3.8, 4) is 0 Å². The highest BCUT2D eigenvalue weighted by molar-refractivity contribution is 6.58. The Hall–Kier alpha value is -0.183. The van der Waals surface area contributed by atoms with Crippen molar-refractivity contribution >= 4 is 8.80 Å². The van der Waals surface area contributed by atoms with Gasteiger partial charge >= 0.3 is 0 Å². The Morgan fingerprint density at radius 3 is 2.19 bits per heavy atom. The number of hydrogen-bond acceptors (Lipinski definition) is 0. The van der Waals surface area contributed by atoms with Crippen LogP contribution in [-0.4, -0.2) is 8.80 Å². The van der Waals surface area contributed by atoms with Gasteiger partial charge in [0.05, 0.1) is 0 Å². The van der Waals surface area contributed by atoms with Gasteiger partial charge in [0.15, 0.2) is 0 Å². The molecule has 3 heteroatoms. The molecule has 21 heavy (non-hydrogen) atoms. The third-order valence-electron chi connectivity index (χ3n) is 6.04. The smallest absolute Gasteiger partial charge is 0.131 e. The summed E-state index contributed by atoms with van der Waals surface area (Å²) in [5.74, 6) is 1.07. The van der Waals surface area contributed by atoms with Crippen molar-refractivity contribution < 1.29 is 8.78 Å². The predicted octanol–water partition coefficient (Wildman–Crippen LogP) is 6.40. The van der Waals surface area contributed by atoms with Crippen LogP contribution in [0.15, 0.2) is 12.2 Å². The average molecular weight is 315 g/mol. The van der Waals surface area contributed by atoms with Crippen LogP contribution in [0.1, 0.15) is 64.7 Å². The predicted molar refractivity (Wildman–Crippen MR) is 89.6 cm³/mol. The molecule has 1 heterocycles. The van der Waals surface area contributed by atoms with Gasteiger partial charge in [0.25, 0.3) is 0 Å². The molecule has 122 valence electrons. The lowest BCUT2D eigenvalue weighted by molar-refractivity contribution is 0.192. The molecule has 0 atom stereocenters. The van der Waals surface area contributed by atoms with Crippen molar-refractivity contribution in [1.29, 1.82) is 0 Å². The van der Waals surface area contributed by atoms with Crippen molar-refractivity contribution in [2.45, 2.75) is 82.8 Å². The first-order valence-corrected chi connectivity index (χ1v) is 11.6. The highest BCUT2D eigenvalue weighted by Crippen LogP contribution is 2.42. The van der Waals surface area contributed by atoms with Gasteiger partial charge in [0.2, 0.25) is 0 Å². The molecule has 0 amide bonds. The molecule has 2 aliphatic rings. The molecule has 1 saturated heterocycles. The first kappa shape index (κ1) is 17.2. The topological polar surface area (TPSA) is 0 Å². The van der Waals surface area contributed by atoms with Crippen LogP contribution >= 0.6 is 0 Å². The minimum atomic E-state index is -0.513. The number of rotatable bonds is 6. The van der Waals surface area contributed by atoms with E-state index in [9.17, 15) is 8.78 Å². The highest BCUT2D eigenvalue weighted by Gasteiger charge is 2.32. The van der Waals surface area contributed by atoms with Gasteiger partial charge in [-0.05, 0) is 37.5 Å². The Balaban J connectivity index is 1.67. The second kappa shape index (κ2) is 9.07. The molecule has 1 aliphatic heterocycles. The molecule has 0 nitrogen and oxygen atoms in total. The quantitative estimate of drug-likeness (QED) is 0.393. The van der Waals surface area contributed by atoms with Crippen molar-refractivity contribution in [2.24, 2.45) is 17.8 Å². The maximum Gasteiger partial charge on any atom is 0.131 e. The fraction of sp³-hybridized carbons (Fsp3) is 0.889. The van der Waals surface area contributed by atoms with Crippen molar-refractivity contribution in [3.05, 3.63) is 12.2 Å². The highest BCUT2D eigenvalue weighted by atomic mass is 28.3. The summed E-state index contributed by atoms with van der Waals surface area (Å²) in [7, 11) is -0.403. The van der Waals surface area contributed by atoms with E-state index >= 15 is 0 Å². The molecule has 2 rings (SSSR count). The van der Waals surface area contributed by atoms with E-state index in [-0.39, 0.29) is 12.2 Å². The monoisotopic (exact) mass is 314 g/mol.